The van der Waals surface area contributed by atoms with Gasteiger partial charge >= 0.3 is 0 Å². The van der Waals surface area contributed by atoms with E-state index in [0.717, 1.165) is 9.26 Å². The van der Waals surface area contributed by atoms with Crippen molar-refractivity contribution < 1.29 is 4.79 Å². The lowest BCUT2D eigenvalue weighted by atomic mass is 10.2. The number of hydrogen-bond acceptors (Lipinski definition) is 2. The van der Waals surface area contributed by atoms with Crippen LogP contribution in [0.3, 0.4) is 0 Å². The van der Waals surface area contributed by atoms with Crippen LogP contribution in [0.5, 0.6) is 0 Å². The Kier molecular flexibility index (Phi) is 4.35. The number of rotatable bonds is 4. The zero-order valence-electron chi connectivity index (χ0n) is 10.1. The van der Waals surface area contributed by atoms with Crippen molar-refractivity contribution in [2.24, 2.45) is 0 Å². The molecule has 0 aliphatic heterocycles. The molecule has 1 aromatic heterocycles. The number of hydrogen-bond donors (Lipinski definition) is 1. The molecular formula is C13H14IN3O. The molecule has 0 bridgehead atoms. The van der Waals surface area contributed by atoms with Crippen LogP contribution in [-0.2, 0) is 11.3 Å². The van der Waals surface area contributed by atoms with Crippen molar-refractivity contribution in [1.82, 2.24) is 9.78 Å². The Labute approximate surface area is 120 Å². The lowest BCUT2D eigenvalue weighted by Crippen LogP contribution is -2.14. The highest BCUT2D eigenvalue weighted by molar-refractivity contribution is 14.1. The minimum Gasteiger partial charge on any atom is -0.326 e. The van der Waals surface area contributed by atoms with Crippen LogP contribution in [0.15, 0.2) is 36.7 Å². The summed E-state index contributed by atoms with van der Waals surface area (Å²) in [7, 11) is 0. The first kappa shape index (κ1) is 13.1. The van der Waals surface area contributed by atoms with Crippen molar-refractivity contribution >= 4 is 34.2 Å². The van der Waals surface area contributed by atoms with Gasteiger partial charge < -0.3 is 5.32 Å². The highest BCUT2D eigenvalue weighted by Gasteiger charge is 2.04. The molecule has 2 aromatic rings. The Morgan fingerprint density at radius 3 is 3.00 bits per heavy atom. The lowest BCUT2D eigenvalue weighted by Gasteiger charge is -2.07. The molecule has 0 unspecified atom stereocenters. The number of halogens is 1. The van der Waals surface area contributed by atoms with Crippen LogP contribution in [-0.4, -0.2) is 15.7 Å². The van der Waals surface area contributed by atoms with E-state index in [-0.39, 0.29) is 5.91 Å². The number of benzene rings is 1. The molecule has 0 aliphatic carbocycles. The quantitative estimate of drug-likeness (QED) is 0.858. The zero-order chi connectivity index (χ0) is 13.0. The Hall–Kier alpha value is -1.37. The minimum absolute atomic E-state index is 0.00477. The van der Waals surface area contributed by atoms with Gasteiger partial charge in [-0.05, 0) is 53.3 Å². The Bertz CT molecular complexity index is 537. The fourth-order valence-electron chi connectivity index (χ4n) is 1.54. The van der Waals surface area contributed by atoms with Gasteiger partial charge in [0.25, 0.3) is 0 Å². The van der Waals surface area contributed by atoms with Crippen molar-refractivity contribution in [3.63, 3.8) is 0 Å². The van der Waals surface area contributed by atoms with Crippen LogP contribution in [0.25, 0.3) is 0 Å². The average molecular weight is 355 g/mol. The number of carbonyl (C=O) groups excluding carboxylic acids is 1. The molecule has 1 aromatic carbocycles. The number of nitrogens with one attached hydrogen (secondary N) is 1. The molecule has 0 atom stereocenters. The van der Waals surface area contributed by atoms with E-state index in [0.29, 0.717) is 13.0 Å². The van der Waals surface area contributed by atoms with Gasteiger partial charge in [-0.1, -0.05) is 6.07 Å². The summed E-state index contributed by atoms with van der Waals surface area (Å²) in [6, 6.07) is 7.75. The molecule has 5 heteroatoms. The number of anilines is 1. The maximum absolute atomic E-state index is 11.7. The van der Waals surface area contributed by atoms with E-state index in [9.17, 15) is 4.79 Å². The van der Waals surface area contributed by atoms with Crippen molar-refractivity contribution in [1.29, 1.82) is 0 Å². The summed E-state index contributed by atoms with van der Waals surface area (Å²) in [6.07, 6.45) is 3.98. The molecule has 18 heavy (non-hydrogen) atoms. The van der Waals surface area contributed by atoms with Gasteiger partial charge in [0, 0.05) is 34.6 Å². The van der Waals surface area contributed by atoms with Gasteiger partial charge in [-0.3, -0.25) is 9.48 Å². The molecule has 0 spiro atoms. The summed E-state index contributed by atoms with van der Waals surface area (Å²) in [6.45, 7) is 2.65. The fraction of sp³-hybridized carbons (Fsp3) is 0.231. The van der Waals surface area contributed by atoms with E-state index in [1.807, 2.05) is 37.4 Å². The lowest BCUT2D eigenvalue weighted by molar-refractivity contribution is -0.116. The van der Waals surface area contributed by atoms with Crippen molar-refractivity contribution in [3.05, 3.63) is 45.8 Å². The predicted octanol–water partition coefficient (Wildman–Crippen LogP) is 2.82. The third kappa shape index (κ3) is 3.56. The molecule has 0 saturated heterocycles. The van der Waals surface area contributed by atoms with Crippen molar-refractivity contribution in [3.8, 4) is 0 Å². The second-order valence-corrected chi connectivity index (χ2v) is 5.19. The summed E-state index contributed by atoms with van der Waals surface area (Å²) in [5, 5.41) is 6.94. The van der Waals surface area contributed by atoms with E-state index in [2.05, 4.69) is 33.0 Å². The maximum Gasteiger partial charge on any atom is 0.226 e. The second-order valence-electron chi connectivity index (χ2n) is 4.03. The highest BCUT2D eigenvalue weighted by atomic mass is 127. The first-order valence-electron chi connectivity index (χ1n) is 5.68. The maximum atomic E-state index is 11.7. The number of aryl methyl sites for hydroxylation is 2. The third-order valence-electron chi connectivity index (χ3n) is 2.58. The molecule has 1 amide bonds. The third-order valence-corrected chi connectivity index (χ3v) is 3.74. The van der Waals surface area contributed by atoms with E-state index in [1.54, 1.807) is 10.9 Å². The summed E-state index contributed by atoms with van der Waals surface area (Å²) >= 11 is 2.26. The Balaban J connectivity index is 1.88. The Morgan fingerprint density at radius 1 is 1.50 bits per heavy atom. The molecule has 2 rings (SSSR count). The first-order chi connectivity index (χ1) is 8.65. The molecule has 0 fully saturated rings. The molecule has 0 aliphatic rings. The van der Waals surface area contributed by atoms with Crippen LogP contribution in [0, 0.1) is 10.5 Å². The topological polar surface area (TPSA) is 46.9 Å². The van der Waals surface area contributed by atoms with Crippen LogP contribution in [0.2, 0.25) is 0 Å². The SMILES string of the molecule is Cc1ccc(NC(=O)CCn2cccn2)cc1I. The van der Waals surface area contributed by atoms with Crippen LogP contribution in [0.4, 0.5) is 5.69 Å². The second kappa shape index (κ2) is 5.99. The number of aromatic nitrogens is 2. The van der Waals surface area contributed by atoms with Crippen LogP contribution < -0.4 is 5.32 Å². The van der Waals surface area contributed by atoms with E-state index >= 15 is 0 Å². The fourth-order valence-corrected chi connectivity index (χ4v) is 2.06. The minimum atomic E-state index is 0.00477. The van der Waals surface area contributed by atoms with Gasteiger partial charge in [0.1, 0.15) is 0 Å². The molecule has 0 radical (unpaired) electrons. The average Bonchev–Trinajstić information content (AvgIpc) is 2.84. The predicted molar refractivity (Wildman–Crippen MR) is 79.4 cm³/mol. The number of carbonyl (C=O) groups is 1. The first-order valence-corrected chi connectivity index (χ1v) is 6.76. The number of amides is 1. The van der Waals surface area contributed by atoms with Crippen molar-refractivity contribution in [2.75, 3.05) is 5.32 Å². The van der Waals surface area contributed by atoms with E-state index in [4.69, 9.17) is 0 Å². The molecule has 1 heterocycles. The summed E-state index contributed by atoms with van der Waals surface area (Å²) in [4.78, 5) is 11.7. The Morgan fingerprint density at radius 2 is 2.33 bits per heavy atom. The summed E-state index contributed by atoms with van der Waals surface area (Å²) in [5.41, 5.74) is 2.06. The standard InChI is InChI=1S/C13H14IN3O/c1-10-3-4-11(9-12(10)14)16-13(18)5-8-17-7-2-6-15-17/h2-4,6-7,9H,5,8H2,1H3,(H,16,18). The summed E-state index contributed by atoms with van der Waals surface area (Å²) in [5.74, 6) is 0.00477. The van der Waals surface area contributed by atoms with E-state index < -0.39 is 0 Å². The smallest absolute Gasteiger partial charge is 0.226 e. The van der Waals surface area contributed by atoms with Crippen LogP contribution >= 0.6 is 22.6 Å². The van der Waals surface area contributed by atoms with Crippen molar-refractivity contribution in [2.45, 2.75) is 19.9 Å². The molecule has 0 saturated carbocycles. The van der Waals surface area contributed by atoms with Gasteiger partial charge in [0.05, 0.1) is 0 Å². The summed E-state index contributed by atoms with van der Waals surface area (Å²) < 4.78 is 2.90. The number of nitrogens with zero attached hydrogens (tertiary/aromatic N) is 2. The van der Waals surface area contributed by atoms with Gasteiger partial charge in [0.2, 0.25) is 5.91 Å². The zero-order valence-corrected chi connectivity index (χ0v) is 12.2. The van der Waals surface area contributed by atoms with E-state index in [1.165, 1.54) is 5.56 Å². The largest absolute Gasteiger partial charge is 0.326 e. The van der Waals surface area contributed by atoms with Gasteiger partial charge in [-0.25, -0.2) is 0 Å². The molecule has 4 nitrogen and oxygen atoms in total. The van der Waals surface area contributed by atoms with Gasteiger partial charge in [-0.2, -0.15) is 5.10 Å². The van der Waals surface area contributed by atoms with Crippen LogP contribution in [0.1, 0.15) is 12.0 Å². The molecule has 94 valence electrons. The molecule has 1 N–H and O–H groups in total. The monoisotopic (exact) mass is 355 g/mol. The van der Waals surface area contributed by atoms with Gasteiger partial charge in [-0.15, -0.1) is 0 Å². The molecular weight excluding hydrogens is 341 g/mol. The van der Waals surface area contributed by atoms with Gasteiger partial charge in [0.15, 0.2) is 0 Å². The normalized spacial score (nSPS) is 10.3. The highest BCUT2D eigenvalue weighted by Crippen LogP contribution is 2.17.